The molecule has 38 heavy (non-hydrogen) atoms. The molecule has 11 nitrogen and oxygen atoms in total. The van der Waals surface area contributed by atoms with E-state index < -0.39 is 6.04 Å². The van der Waals surface area contributed by atoms with Crippen LogP contribution in [0.4, 0.5) is 17.1 Å². The maximum atomic E-state index is 13.2. The molecule has 2 fully saturated rings. The summed E-state index contributed by atoms with van der Waals surface area (Å²) in [7, 11) is 1.65. The molecule has 0 bridgehead atoms. The van der Waals surface area contributed by atoms with Crippen LogP contribution in [-0.2, 0) is 19.2 Å². The first-order chi connectivity index (χ1) is 18.3. The zero-order valence-corrected chi connectivity index (χ0v) is 21.7. The van der Waals surface area contributed by atoms with Crippen LogP contribution >= 0.6 is 0 Å². The van der Waals surface area contributed by atoms with Gasteiger partial charge in [-0.05, 0) is 36.4 Å². The predicted molar refractivity (Wildman–Crippen MR) is 144 cm³/mol. The Bertz CT molecular complexity index is 1160. The van der Waals surface area contributed by atoms with Gasteiger partial charge in [-0.25, -0.2) is 0 Å². The maximum Gasteiger partial charge on any atom is 0.243 e. The molecule has 2 aliphatic rings. The lowest BCUT2D eigenvalue weighted by Crippen LogP contribution is -2.60. The van der Waals surface area contributed by atoms with Crippen molar-refractivity contribution in [1.29, 1.82) is 0 Å². The van der Waals surface area contributed by atoms with Crippen molar-refractivity contribution >= 4 is 40.7 Å². The van der Waals surface area contributed by atoms with Gasteiger partial charge in [0.2, 0.25) is 23.6 Å². The molecule has 202 valence electrons. The highest BCUT2D eigenvalue weighted by Gasteiger charge is 2.35. The third kappa shape index (κ3) is 7.00. The smallest absolute Gasteiger partial charge is 0.243 e. The highest BCUT2D eigenvalue weighted by atomic mass is 16.5. The summed E-state index contributed by atoms with van der Waals surface area (Å²) in [6, 6.07) is 13.7. The number of benzene rings is 2. The molecule has 4 amide bonds. The first-order valence-electron chi connectivity index (χ1n) is 12.7. The summed E-state index contributed by atoms with van der Waals surface area (Å²) in [5.41, 5.74) is 2.23. The lowest BCUT2D eigenvalue weighted by molar-refractivity contribution is -0.145. The second kappa shape index (κ2) is 12.4. The molecule has 0 radical (unpaired) electrons. The van der Waals surface area contributed by atoms with E-state index in [1.807, 2.05) is 24.3 Å². The van der Waals surface area contributed by atoms with Gasteiger partial charge in [-0.3, -0.25) is 24.1 Å². The Morgan fingerprint density at radius 2 is 1.66 bits per heavy atom. The Morgan fingerprint density at radius 1 is 0.974 bits per heavy atom. The molecule has 0 unspecified atom stereocenters. The largest absolute Gasteiger partial charge is 0.497 e. The number of hydrogen-bond acceptors (Lipinski definition) is 7. The molecular weight excluding hydrogens is 488 g/mol. The second-order valence-corrected chi connectivity index (χ2v) is 9.37. The Labute approximate surface area is 222 Å². The predicted octanol–water partition coefficient (Wildman–Crippen LogP) is 1.13. The summed E-state index contributed by atoms with van der Waals surface area (Å²) in [6.45, 7) is 5.29. The fourth-order valence-corrected chi connectivity index (χ4v) is 4.70. The number of hydrogen-bond donors (Lipinski definition) is 3. The molecule has 0 aliphatic carbocycles. The van der Waals surface area contributed by atoms with Gasteiger partial charge in [0.25, 0.3) is 0 Å². The van der Waals surface area contributed by atoms with E-state index in [1.54, 1.807) is 31.4 Å². The summed E-state index contributed by atoms with van der Waals surface area (Å²) < 4.78 is 5.32. The Morgan fingerprint density at radius 3 is 2.32 bits per heavy atom. The lowest BCUT2D eigenvalue weighted by atomic mass is 10.1. The molecule has 2 saturated heterocycles. The zero-order chi connectivity index (χ0) is 27.1. The fourth-order valence-electron chi connectivity index (χ4n) is 4.70. The van der Waals surface area contributed by atoms with Gasteiger partial charge < -0.3 is 30.5 Å². The number of rotatable bonds is 8. The van der Waals surface area contributed by atoms with Gasteiger partial charge in [-0.15, -0.1) is 0 Å². The Balaban J connectivity index is 1.30. The van der Waals surface area contributed by atoms with Crippen molar-refractivity contribution in [2.24, 2.45) is 0 Å². The molecular formula is C27H34N6O5. The van der Waals surface area contributed by atoms with E-state index in [-0.39, 0.29) is 36.6 Å². The number of anilines is 3. The van der Waals surface area contributed by atoms with Crippen LogP contribution in [0.5, 0.6) is 5.75 Å². The van der Waals surface area contributed by atoms with Gasteiger partial charge in [0.05, 0.1) is 20.1 Å². The lowest BCUT2D eigenvalue weighted by Gasteiger charge is -2.39. The topological polar surface area (TPSA) is 123 Å². The molecule has 2 heterocycles. The number of methoxy groups -OCH3 is 1. The van der Waals surface area contributed by atoms with Crippen molar-refractivity contribution < 1.29 is 23.9 Å². The monoisotopic (exact) mass is 522 g/mol. The van der Waals surface area contributed by atoms with E-state index in [2.05, 4.69) is 25.8 Å². The quantitative estimate of drug-likeness (QED) is 0.475. The number of ether oxygens (including phenoxy) is 1. The third-order valence-corrected chi connectivity index (χ3v) is 6.67. The summed E-state index contributed by atoms with van der Waals surface area (Å²) in [5.74, 6) is -0.242. The molecule has 0 saturated carbocycles. The minimum Gasteiger partial charge on any atom is -0.497 e. The number of nitrogens with one attached hydrogen (secondary N) is 3. The average Bonchev–Trinajstić information content (AvgIpc) is 2.91. The van der Waals surface area contributed by atoms with Gasteiger partial charge in [0.1, 0.15) is 11.8 Å². The van der Waals surface area contributed by atoms with Gasteiger partial charge in [-0.2, -0.15) is 0 Å². The van der Waals surface area contributed by atoms with Gasteiger partial charge in [0, 0.05) is 69.3 Å². The number of carbonyl (C=O) groups excluding carboxylic acids is 4. The van der Waals surface area contributed by atoms with Crippen LogP contribution in [0.15, 0.2) is 48.5 Å². The summed E-state index contributed by atoms with van der Waals surface area (Å²) >= 11 is 0. The number of carbonyl (C=O) groups is 4. The van der Waals surface area contributed by atoms with E-state index in [1.165, 1.54) is 11.8 Å². The molecule has 1 atom stereocenters. The van der Waals surface area contributed by atoms with Gasteiger partial charge in [-0.1, -0.05) is 6.07 Å². The third-order valence-electron chi connectivity index (χ3n) is 6.67. The molecule has 2 aliphatic heterocycles. The van der Waals surface area contributed by atoms with Crippen molar-refractivity contribution in [2.45, 2.75) is 19.4 Å². The van der Waals surface area contributed by atoms with Crippen molar-refractivity contribution in [3.63, 3.8) is 0 Å². The van der Waals surface area contributed by atoms with Gasteiger partial charge >= 0.3 is 0 Å². The summed E-state index contributed by atoms with van der Waals surface area (Å²) in [6.07, 6.45) is -0.144. The first kappa shape index (κ1) is 26.9. The number of nitrogens with zero attached hydrogens (tertiary/aromatic N) is 3. The van der Waals surface area contributed by atoms with E-state index in [9.17, 15) is 19.2 Å². The fraction of sp³-hybridized carbons (Fsp3) is 0.407. The van der Waals surface area contributed by atoms with Crippen LogP contribution < -0.4 is 25.6 Å². The highest BCUT2D eigenvalue weighted by molar-refractivity contribution is 5.98. The van der Waals surface area contributed by atoms with Crippen LogP contribution in [0.25, 0.3) is 0 Å². The van der Waals surface area contributed by atoms with Crippen LogP contribution in [0.2, 0.25) is 0 Å². The van der Waals surface area contributed by atoms with Crippen molar-refractivity contribution in [3.8, 4) is 5.75 Å². The number of amides is 4. The van der Waals surface area contributed by atoms with Crippen LogP contribution in [0.1, 0.15) is 13.3 Å². The van der Waals surface area contributed by atoms with E-state index in [0.717, 1.165) is 24.5 Å². The zero-order valence-electron chi connectivity index (χ0n) is 21.7. The van der Waals surface area contributed by atoms with Crippen molar-refractivity contribution in [2.75, 3.05) is 68.5 Å². The molecule has 2 aromatic carbocycles. The highest BCUT2D eigenvalue weighted by Crippen LogP contribution is 2.22. The van der Waals surface area contributed by atoms with E-state index >= 15 is 0 Å². The second-order valence-electron chi connectivity index (χ2n) is 9.37. The van der Waals surface area contributed by atoms with Gasteiger partial charge in [0.15, 0.2) is 0 Å². The average molecular weight is 523 g/mol. The first-order valence-corrected chi connectivity index (χ1v) is 12.7. The SMILES string of the molecule is COc1cccc(N2CCN(CC(=O)N3CCNC(=O)[C@H]3CC(=O)Nc3ccc(NC(C)=O)cc3)CC2)c1. The summed E-state index contributed by atoms with van der Waals surface area (Å²) in [4.78, 5) is 55.6. The maximum absolute atomic E-state index is 13.2. The molecule has 4 rings (SSSR count). The molecule has 0 spiro atoms. The Hall–Kier alpha value is -4.12. The van der Waals surface area contributed by atoms with E-state index in [4.69, 9.17) is 4.74 Å². The van der Waals surface area contributed by atoms with E-state index in [0.29, 0.717) is 37.6 Å². The van der Waals surface area contributed by atoms with Crippen LogP contribution in [0.3, 0.4) is 0 Å². The van der Waals surface area contributed by atoms with Crippen molar-refractivity contribution in [1.82, 2.24) is 15.1 Å². The molecule has 11 heteroatoms. The Kier molecular flexibility index (Phi) is 8.80. The van der Waals surface area contributed by atoms with Crippen molar-refractivity contribution in [3.05, 3.63) is 48.5 Å². The number of piperazine rings is 2. The standard InChI is InChI=1S/C27H34N6O5/c1-19(34)29-20-6-8-21(9-7-20)30-25(35)17-24-27(37)28-10-11-33(24)26(36)18-31-12-14-32(15-13-31)22-4-3-5-23(16-22)38-2/h3-9,16,24H,10-15,17-18H2,1-2H3,(H,28,37)(H,29,34)(H,30,35)/t24-/m1/s1. The molecule has 2 aromatic rings. The molecule has 0 aromatic heterocycles. The summed E-state index contributed by atoms with van der Waals surface area (Å²) in [5, 5.41) is 8.19. The minimum absolute atomic E-state index is 0.144. The van der Waals surface area contributed by atoms with Crippen LogP contribution in [0, 0.1) is 0 Å². The minimum atomic E-state index is -0.868. The van der Waals surface area contributed by atoms with Crippen LogP contribution in [-0.4, -0.2) is 92.4 Å². The molecule has 3 N–H and O–H groups in total. The normalized spacial score (nSPS) is 17.9.